The average Bonchev–Trinajstić information content (AvgIpc) is 3.25. The lowest BCUT2D eigenvalue weighted by molar-refractivity contribution is 0.103. The molecule has 0 unspecified atom stereocenters. The molecule has 1 heterocycles. The van der Waals surface area contributed by atoms with Crippen molar-refractivity contribution in [3.8, 4) is 16.3 Å². The number of phenolic OH excluding ortho intramolecular Hbond substituents is 1. The Morgan fingerprint density at radius 3 is 2.21 bits per heavy atom. The number of aromatic nitrogens is 2. The molecule has 166 valence electrons. The number of carbonyl (C=O) groups excluding carboxylic acids is 2. The number of phenols is 1. The molecule has 1 aromatic heterocycles. The molecule has 33 heavy (non-hydrogen) atoms. The van der Waals surface area contributed by atoms with Gasteiger partial charge in [-0.1, -0.05) is 34.5 Å². The van der Waals surface area contributed by atoms with Crippen molar-refractivity contribution >= 4 is 57.2 Å². The first-order valence-corrected chi connectivity index (χ1v) is 10.9. The Kier molecular flexibility index (Phi) is 6.55. The standard InChI is InChI=1S/C22H13Cl2FN4O3S/c23-13-9-16(19(31)17(24)10-13)20-28-29-22(33-20)27-21(32)26-15-7-3-12(4-8-15)18(30)11-1-5-14(25)6-2-11/h1-10,31H,(H2,26,27,29,32). The van der Waals surface area contributed by atoms with Gasteiger partial charge in [0.25, 0.3) is 0 Å². The van der Waals surface area contributed by atoms with Gasteiger partial charge in [-0.25, -0.2) is 9.18 Å². The highest BCUT2D eigenvalue weighted by atomic mass is 35.5. The molecule has 3 N–H and O–H groups in total. The number of urea groups is 1. The topological polar surface area (TPSA) is 104 Å². The summed E-state index contributed by atoms with van der Waals surface area (Å²) in [7, 11) is 0. The lowest BCUT2D eigenvalue weighted by atomic mass is 10.0. The number of anilines is 2. The molecule has 0 aliphatic heterocycles. The molecule has 4 aromatic rings. The number of ketones is 1. The van der Waals surface area contributed by atoms with Gasteiger partial charge in [0, 0.05) is 21.8 Å². The normalized spacial score (nSPS) is 10.6. The molecule has 0 aliphatic rings. The summed E-state index contributed by atoms with van der Waals surface area (Å²) in [5.41, 5.74) is 1.47. The van der Waals surface area contributed by atoms with Crippen molar-refractivity contribution < 1.29 is 19.1 Å². The van der Waals surface area contributed by atoms with E-state index in [2.05, 4.69) is 20.8 Å². The smallest absolute Gasteiger partial charge is 0.325 e. The molecule has 0 aliphatic carbocycles. The zero-order valence-corrected chi connectivity index (χ0v) is 18.8. The van der Waals surface area contributed by atoms with E-state index in [-0.39, 0.29) is 21.7 Å². The van der Waals surface area contributed by atoms with Crippen molar-refractivity contribution in [1.29, 1.82) is 0 Å². The third kappa shape index (κ3) is 5.28. The van der Waals surface area contributed by atoms with Crippen molar-refractivity contribution in [2.24, 2.45) is 0 Å². The van der Waals surface area contributed by atoms with Crippen LogP contribution < -0.4 is 10.6 Å². The van der Waals surface area contributed by atoms with Crippen LogP contribution in [0.15, 0.2) is 60.7 Å². The van der Waals surface area contributed by atoms with E-state index in [1.54, 1.807) is 24.3 Å². The maximum absolute atomic E-state index is 13.0. The first-order valence-electron chi connectivity index (χ1n) is 9.30. The van der Waals surface area contributed by atoms with Crippen LogP contribution in [0.3, 0.4) is 0 Å². The summed E-state index contributed by atoms with van der Waals surface area (Å²) in [5, 5.41) is 24.0. The minimum Gasteiger partial charge on any atom is -0.506 e. The fourth-order valence-corrected chi connectivity index (χ4v) is 4.09. The Morgan fingerprint density at radius 1 is 0.909 bits per heavy atom. The van der Waals surface area contributed by atoms with Crippen LogP contribution in [-0.2, 0) is 0 Å². The number of carbonyl (C=O) groups is 2. The Hall–Kier alpha value is -3.53. The van der Waals surface area contributed by atoms with E-state index >= 15 is 0 Å². The highest BCUT2D eigenvalue weighted by molar-refractivity contribution is 7.18. The molecule has 0 saturated carbocycles. The van der Waals surface area contributed by atoms with Gasteiger partial charge in [0.2, 0.25) is 5.13 Å². The minimum atomic E-state index is -0.580. The van der Waals surface area contributed by atoms with Crippen LogP contribution in [0.25, 0.3) is 10.6 Å². The van der Waals surface area contributed by atoms with Crippen molar-refractivity contribution in [2.45, 2.75) is 0 Å². The number of benzene rings is 3. The molecule has 0 atom stereocenters. The maximum atomic E-state index is 13.0. The largest absolute Gasteiger partial charge is 0.506 e. The average molecular weight is 503 g/mol. The first-order chi connectivity index (χ1) is 15.8. The minimum absolute atomic E-state index is 0.0707. The monoisotopic (exact) mass is 502 g/mol. The van der Waals surface area contributed by atoms with Gasteiger partial charge in [-0.2, -0.15) is 0 Å². The van der Waals surface area contributed by atoms with Crippen LogP contribution in [0, 0.1) is 5.82 Å². The summed E-state index contributed by atoms with van der Waals surface area (Å²) in [5.74, 6) is -0.881. The molecule has 2 amide bonds. The number of hydrogen-bond donors (Lipinski definition) is 3. The van der Waals surface area contributed by atoms with Crippen LogP contribution in [0.2, 0.25) is 10.0 Å². The van der Waals surface area contributed by atoms with Gasteiger partial charge >= 0.3 is 6.03 Å². The zero-order chi connectivity index (χ0) is 23.5. The van der Waals surface area contributed by atoms with Gasteiger partial charge in [0.15, 0.2) is 10.8 Å². The fourth-order valence-electron chi connectivity index (χ4n) is 2.84. The van der Waals surface area contributed by atoms with E-state index in [0.717, 1.165) is 11.3 Å². The Morgan fingerprint density at radius 2 is 1.55 bits per heavy atom. The Labute approximate surface area is 200 Å². The molecule has 3 aromatic carbocycles. The van der Waals surface area contributed by atoms with Gasteiger partial charge in [0.05, 0.1) is 10.6 Å². The summed E-state index contributed by atoms with van der Waals surface area (Å²) in [6, 6.07) is 13.8. The molecule has 0 spiro atoms. The summed E-state index contributed by atoms with van der Waals surface area (Å²) >= 11 is 12.9. The second kappa shape index (κ2) is 9.53. The molecule has 0 bridgehead atoms. The molecule has 0 fully saturated rings. The van der Waals surface area contributed by atoms with E-state index in [1.807, 2.05) is 0 Å². The number of aromatic hydroxyl groups is 1. The predicted octanol–water partition coefficient (Wildman–Crippen LogP) is 6.23. The summed E-state index contributed by atoms with van der Waals surface area (Å²) in [4.78, 5) is 24.7. The van der Waals surface area contributed by atoms with Crippen molar-refractivity contribution in [3.63, 3.8) is 0 Å². The number of hydrogen-bond acceptors (Lipinski definition) is 6. The number of halogens is 3. The first kappa shape index (κ1) is 22.7. The van der Waals surface area contributed by atoms with Crippen LogP contribution in [-0.4, -0.2) is 27.1 Å². The van der Waals surface area contributed by atoms with E-state index in [9.17, 15) is 19.1 Å². The number of nitrogens with one attached hydrogen (secondary N) is 2. The Bertz CT molecular complexity index is 1350. The number of rotatable bonds is 5. The highest BCUT2D eigenvalue weighted by Gasteiger charge is 2.16. The predicted molar refractivity (Wildman–Crippen MR) is 126 cm³/mol. The van der Waals surface area contributed by atoms with Crippen molar-refractivity contribution in [3.05, 3.63) is 87.7 Å². The number of amides is 2. The molecular formula is C22H13Cl2FN4O3S. The van der Waals surface area contributed by atoms with Gasteiger partial charge in [-0.15, -0.1) is 10.2 Å². The van der Waals surface area contributed by atoms with E-state index in [4.69, 9.17) is 23.2 Å². The molecule has 7 nitrogen and oxygen atoms in total. The molecular weight excluding hydrogens is 490 g/mol. The molecule has 0 saturated heterocycles. The third-order valence-corrected chi connectivity index (χ3v) is 5.79. The van der Waals surface area contributed by atoms with Crippen LogP contribution >= 0.6 is 34.5 Å². The van der Waals surface area contributed by atoms with Gasteiger partial charge in [-0.05, 0) is 60.7 Å². The Balaban J connectivity index is 1.40. The van der Waals surface area contributed by atoms with Crippen LogP contribution in [0.5, 0.6) is 5.75 Å². The quantitative estimate of drug-likeness (QED) is 0.280. The molecule has 11 heteroatoms. The van der Waals surface area contributed by atoms with Crippen LogP contribution in [0.1, 0.15) is 15.9 Å². The third-order valence-electron chi connectivity index (χ3n) is 4.42. The van der Waals surface area contributed by atoms with Crippen molar-refractivity contribution in [1.82, 2.24) is 10.2 Å². The van der Waals surface area contributed by atoms with E-state index in [0.29, 0.717) is 32.4 Å². The van der Waals surface area contributed by atoms with Gasteiger partial charge < -0.3 is 10.4 Å². The zero-order valence-electron chi connectivity index (χ0n) is 16.5. The molecule has 4 rings (SSSR count). The lowest BCUT2D eigenvalue weighted by Gasteiger charge is -2.06. The summed E-state index contributed by atoms with van der Waals surface area (Å²) < 4.78 is 13.0. The summed E-state index contributed by atoms with van der Waals surface area (Å²) in [6.07, 6.45) is 0. The molecule has 0 radical (unpaired) electrons. The highest BCUT2D eigenvalue weighted by Crippen LogP contribution is 2.39. The van der Waals surface area contributed by atoms with Gasteiger partial charge in [0.1, 0.15) is 11.6 Å². The second-order valence-corrected chi connectivity index (χ2v) is 8.51. The van der Waals surface area contributed by atoms with Crippen molar-refractivity contribution in [2.75, 3.05) is 10.6 Å². The lowest BCUT2D eigenvalue weighted by Crippen LogP contribution is -2.19. The maximum Gasteiger partial charge on any atom is 0.325 e. The summed E-state index contributed by atoms with van der Waals surface area (Å²) in [6.45, 7) is 0. The SMILES string of the molecule is O=C(Nc1ccc(C(=O)c2ccc(F)cc2)cc1)Nc1nnc(-c2cc(Cl)cc(Cl)c2O)s1. The van der Waals surface area contributed by atoms with E-state index in [1.165, 1.54) is 36.4 Å². The van der Waals surface area contributed by atoms with E-state index < -0.39 is 11.8 Å². The van der Waals surface area contributed by atoms with Crippen LogP contribution in [0.4, 0.5) is 20.0 Å². The fraction of sp³-hybridized carbons (Fsp3) is 0. The second-order valence-electron chi connectivity index (χ2n) is 6.69. The van der Waals surface area contributed by atoms with Gasteiger partial charge in [-0.3, -0.25) is 10.1 Å². The number of nitrogens with zero attached hydrogens (tertiary/aromatic N) is 2.